The molecule has 4 rings (SSSR count). The van der Waals surface area contributed by atoms with E-state index in [-0.39, 0.29) is 30.3 Å². The first kappa shape index (κ1) is 21.2. The Bertz CT molecular complexity index is 1280. The van der Waals surface area contributed by atoms with Crippen LogP contribution in [0.5, 0.6) is 5.75 Å². The average Bonchev–Trinajstić information content (AvgIpc) is 3.04. The zero-order valence-corrected chi connectivity index (χ0v) is 16.7. The Balaban J connectivity index is 1.74. The van der Waals surface area contributed by atoms with E-state index in [2.05, 4.69) is 11.3 Å². The Hall–Kier alpha value is -4.01. The van der Waals surface area contributed by atoms with E-state index in [1.54, 1.807) is 30.3 Å². The van der Waals surface area contributed by atoms with Crippen LogP contribution in [-0.2, 0) is 11.3 Å². The Kier molecular flexibility index (Phi) is 5.04. The molecule has 1 aliphatic heterocycles. The second kappa shape index (κ2) is 7.60. The summed E-state index contributed by atoms with van der Waals surface area (Å²) in [6.07, 6.45) is -4.87. The molecule has 0 fully saturated rings. The molecule has 6 nitrogen and oxygen atoms in total. The first-order chi connectivity index (χ1) is 15.0. The molecule has 4 N–H and O–H groups in total. The maximum absolute atomic E-state index is 12.8. The third kappa shape index (κ3) is 3.96. The molecule has 0 aliphatic carbocycles. The summed E-state index contributed by atoms with van der Waals surface area (Å²) in [5.41, 5.74) is 13.2. The van der Waals surface area contributed by atoms with Gasteiger partial charge in [0.25, 0.3) is 5.91 Å². The predicted molar refractivity (Wildman–Crippen MR) is 114 cm³/mol. The van der Waals surface area contributed by atoms with Gasteiger partial charge in [-0.2, -0.15) is 0 Å². The summed E-state index contributed by atoms with van der Waals surface area (Å²) in [5.74, 6) is -1.41. The Labute approximate surface area is 180 Å². The van der Waals surface area contributed by atoms with E-state index in [0.29, 0.717) is 16.7 Å². The van der Waals surface area contributed by atoms with Gasteiger partial charge in [-0.15, -0.1) is 13.2 Å². The largest absolute Gasteiger partial charge is 0.573 e. The van der Waals surface area contributed by atoms with Crippen molar-refractivity contribution in [1.82, 2.24) is 4.90 Å². The van der Waals surface area contributed by atoms with E-state index in [1.165, 1.54) is 17.0 Å². The second-order valence-corrected chi connectivity index (χ2v) is 7.46. The third-order valence-corrected chi connectivity index (χ3v) is 5.30. The summed E-state index contributed by atoms with van der Waals surface area (Å²) in [6.45, 7) is 3.87. The molecule has 3 aromatic carbocycles. The molecule has 3 aromatic rings. The number of nitrogens with zero attached hydrogens (tertiary/aromatic N) is 1. The number of hydrogen-bond acceptors (Lipinski definition) is 4. The van der Waals surface area contributed by atoms with Gasteiger partial charge >= 0.3 is 6.36 Å². The van der Waals surface area contributed by atoms with Crippen molar-refractivity contribution in [2.24, 2.45) is 5.73 Å². The number of rotatable bonds is 5. The number of anilines is 1. The first-order valence-corrected chi connectivity index (χ1v) is 9.51. The molecule has 32 heavy (non-hydrogen) atoms. The molecule has 164 valence electrons. The van der Waals surface area contributed by atoms with Crippen LogP contribution in [0.2, 0.25) is 0 Å². The lowest BCUT2D eigenvalue weighted by Gasteiger charge is -2.15. The number of nitrogen functional groups attached to an aromatic ring is 1. The van der Waals surface area contributed by atoms with Crippen LogP contribution < -0.4 is 16.2 Å². The zero-order chi connectivity index (χ0) is 23.2. The minimum absolute atomic E-state index is 0.0140. The van der Waals surface area contributed by atoms with E-state index in [0.717, 1.165) is 16.3 Å². The molecular formula is C23H18F3N3O3. The van der Waals surface area contributed by atoms with Crippen LogP contribution in [0.4, 0.5) is 18.9 Å². The highest BCUT2D eigenvalue weighted by atomic mass is 19.4. The van der Waals surface area contributed by atoms with Gasteiger partial charge in [-0.25, -0.2) is 0 Å². The van der Waals surface area contributed by atoms with Crippen molar-refractivity contribution >= 4 is 28.3 Å². The van der Waals surface area contributed by atoms with Gasteiger partial charge < -0.3 is 21.1 Å². The van der Waals surface area contributed by atoms with Crippen LogP contribution in [0, 0.1) is 0 Å². The van der Waals surface area contributed by atoms with E-state index in [1.807, 2.05) is 6.07 Å². The lowest BCUT2D eigenvalue weighted by atomic mass is 9.96. The van der Waals surface area contributed by atoms with Gasteiger partial charge in [0.1, 0.15) is 0 Å². The van der Waals surface area contributed by atoms with Crippen molar-refractivity contribution in [2.45, 2.75) is 12.9 Å². The molecule has 0 unspecified atom stereocenters. The number of carbonyl (C=O) groups is 2. The van der Waals surface area contributed by atoms with Gasteiger partial charge in [-0.1, -0.05) is 30.8 Å². The molecule has 0 atom stereocenters. The monoisotopic (exact) mass is 441 g/mol. The van der Waals surface area contributed by atoms with Crippen LogP contribution in [0.15, 0.2) is 60.7 Å². The SMILES string of the molecule is C=C(CN1Cc2c(ccc3ccc(-c4ccc(N)c(OC(F)(F)F)c4)cc23)C1=O)C(N)=O. The van der Waals surface area contributed by atoms with Crippen molar-refractivity contribution in [3.05, 3.63) is 71.8 Å². The Morgan fingerprint density at radius 2 is 1.75 bits per heavy atom. The average molecular weight is 441 g/mol. The van der Waals surface area contributed by atoms with Gasteiger partial charge in [0.15, 0.2) is 5.75 Å². The summed E-state index contributed by atoms with van der Waals surface area (Å²) in [4.78, 5) is 25.6. The quantitative estimate of drug-likeness (QED) is 0.462. The summed E-state index contributed by atoms with van der Waals surface area (Å²) >= 11 is 0. The maximum Gasteiger partial charge on any atom is 0.573 e. The predicted octanol–water partition coefficient (Wildman–Crippen LogP) is 3.98. The molecule has 0 saturated heterocycles. The second-order valence-electron chi connectivity index (χ2n) is 7.46. The van der Waals surface area contributed by atoms with Crippen LogP contribution in [0.25, 0.3) is 21.9 Å². The topological polar surface area (TPSA) is 98.7 Å². The maximum atomic E-state index is 12.8. The zero-order valence-electron chi connectivity index (χ0n) is 16.7. The van der Waals surface area contributed by atoms with Crippen molar-refractivity contribution in [1.29, 1.82) is 0 Å². The third-order valence-electron chi connectivity index (χ3n) is 5.30. The molecule has 1 heterocycles. The minimum Gasteiger partial charge on any atom is -0.404 e. The fraction of sp³-hybridized carbons (Fsp3) is 0.130. The number of primary amides is 1. The smallest absolute Gasteiger partial charge is 0.404 e. The Morgan fingerprint density at radius 1 is 1.09 bits per heavy atom. The molecule has 9 heteroatoms. The van der Waals surface area contributed by atoms with Gasteiger partial charge in [0.05, 0.1) is 12.2 Å². The van der Waals surface area contributed by atoms with Crippen LogP contribution in [0.3, 0.4) is 0 Å². The fourth-order valence-corrected chi connectivity index (χ4v) is 3.73. The minimum atomic E-state index is -4.87. The number of hydrogen-bond donors (Lipinski definition) is 2. The van der Waals surface area contributed by atoms with Gasteiger partial charge in [0, 0.05) is 17.7 Å². The number of nitrogens with two attached hydrogens (primary N) is 2. The van der Waals surface area contributed by atoms with Crippen LogP contribution in [0.1, 0.15) is 15.9 Å². The molecular weight excluding hydrogens is 423 g/mol. The lowest BCUT2D eigenvalue weighted by Crippen LogP contribution is -2.30. The number of benzene rings is 3. The van der Waals surface area contributed by atoms with E-state index in [4.69, 9.17) is 11.5 Å². The van der Waals surface area contributed by atoms with Crippen molar-refractivity contribution in [3.63, 3.8) is 0 Å². The summed E-state index contributed by atoms with van der Waals surface area (Å²) < 4.78 is 42.1. The normalized spacial score (nSPS) is 13.3. The molecule has 1 aliphatic rings. The molecule has 2 amide bonds. The van der Waals surface area contributed by atoms with E-state index < -0.39 is 18.0 Å². The highest BCUT2D eigenvalue weighted by Crippen LogP contribution is 2.36. The number of alkyl halides is 3. The molecule has 0 radical (unpaired) electrons. The molecule has 0 aromatic heterocycles. The van der Waals surface area contributed by atoms with E-state index >= 15 is 0 Å². The van der Waals surface area contributed by atoms with Gasteiger partial charge in [0.2, 0.25) is 5.91 Å². The van der Waals surface area contributed by atoms with E-state index in [9.17, 15) is 22.8 Å². The van der Waals surface area contributed by atoms with Gasteiger partial charge in [-0.05, 0) is 51.7 Å². The molecule has 0 saturated carbocycles. The molecule has 0 bridgehead atoms. The lowest BCUT2D eigenvalue weighted by molar-refractivity contribution is -0.274. The van der Waals surface area contributed by atoms with Crippen molar-refractivity contribution in [3.8, 4) is 16.9 Å². The number of halogens is 3. The first-order valence-electron chi connectivity index (χ1n) is 9.51. The standard InChI is InChI=1S/C23H18F3N3O3/c1-12(21(28)30)10-29-11-18-16(22(29)31)6-4-13-2-3-14(8-17(13)18)15-5-7-19(27)20(9-15)32-23(24,25)26/h2-9H,1,10-11,27H2,(H2,28,30). The fourth-order valence-electron chi connectivity index (χ4n) is 3.73. The highest BCUT2D eigenvalue weighted by molar-refractivity contribution is 6.05. The number of amides is 2. The summed E-state index contributed by atoms with van der Waals surface area (Å²) in [7, 11) is 0. The van der Waals surface area contributed by atoms with Crippen molar-refractivity contribution in [2.75, 3.05) is 12.3 Å². The number of carbonyl (C=O) groups excluding carboxylic acids is 2. The Morgan fingerprint density at radius 3 is 2.44 bits per heavy atom. The van der Waals surface area contributed by atoms with Crippen LogP contribution >= 0.6 is 0 Å². The van der Waals surface area contributed by atoms with Crippen molar-refractivity contribution < 1.29 is 27.5 Å². The summed E-state index contributed by atoms with van der Waals surface area (Å²) in [6, 6.07) is 13.1. The van der Waals surface area contributed by atoms with Gasteiger partial charge in [-0.3, -0.25) is 9.59 Å². The summed E-state index contributed by atoms with van der Waals surface area (Å²) in [5, 5.41) is 1.63. The van der Waals surface area contributed by atoms with Crippen LogP contribution in [-0.4, -0.2) is 29.6 Å². The number of fused-ring (bicyclic) bond motifs is 3. The number of ether oxygens (including phenoxy) is 1. The molecule has 0 spiro atoms. The highest BCUT2D eigenvalue weighted by Gasteiger charge is 2.32.